The molecule has 0 spiro atoms. The number of urea groups is 1. The Hall–Kier alpha value is -3.41. The second kappa shape index (κ2) is 8.08. The molecule has 28 heavy (non-hydrogen) atoms. The number of nitrogens with one attached hydrogen (secondary N) is 2. The van der Waals surface area contributed by atoms with Gasteiger partial charge in [0.25, 0.3) is 5.69 Å². The van der Waals surface area contributed by atoms with Crippen LogP contribution in [0.25, 0.3) is 5.65 Å². The molecule has 0 aliphatic heterocycles. The number of aromatic nitrogens is 4. The van der Waals surface area contributed by atoms with Crippen molar-refractivity contribution in [3.8, 4) is 0 Å². The van der Waals surface area contributed by atoms with Crippen LogP contribution in [0.1, 0.15) is 17.8 Å². The van der Waals surface area contributed by atoms with Crippen LogP contribution in [0.5, 0.6) is 0 Å². The van der Waals surface area contributed by atoms with E-state index >= 15 is 0 Å². The fraction of sp³-hybridized carbons (Fsp3) is 0.250. The minimum absolute atomic E-state index is 0.00230. The molecule has 3 heterocycles. The van der Waals surface area contributed by atoms with Gasteiger partial charge in [0, 0.05) is 31.7 Å². The molecular weight excluding hydrogens is 381 g/mol. The lowest BCUT2D eigenvalue weighted by Gasteiger charge is -2.13. The summed E-state index contributed by atoms with van der Waals surface area (Å²) >= 11 is 0. The van der Waals surface area contributed by atoms with E-state index in [-0.39, 0.29) is 28.4 Å². The molecule has 12 heteroatoms. The maximum absolute atomic E-state index is 13.4. The van der Waals surface area contributed by atoms with Gasteiger partial charge in [-0.15, -0.1) is 5.10 Å². The van der Waals surface area contributed by atoms with Crippen molar-refractivity contribution in [3.05, 3.63) is 53.1 Å². The van der Waals surface area contributed by atoms with Crippen LogP contribution >= 0.6 is 0 Å². The van der Waals surface area contributed by atoms with E-state index in [1.165, 1.54) is 23.9 Å². The van der Waals surface area contributed by atoms with Gasteiger partial charge in [0.05, 0.1) is 29.9 Å². The Labute approximate surface area is 156 Å². The van der Waals surface area contributed by atoms with Crippen molar-refractivity contribution in [1.82, 2.24) is 14.6 Å². The van der Waals surface area contributed by atoms with Gasteiger partial charge in [0.15, 0.2) is 11.8 Å². The van der Waals surface area contributed by atoms with Crippen molar-refractivity contribution in [3.63, 3.8) is 0 Å². The maximum atomic E-state index is 13.4. The molecule has 0 saturated carbocycles. The summed E-state index contributed by atoms with van der Waals surface area (Å²) in [6.07, 6.45) is -0.517. The van der Waals surface area contributed by atoms with Crippen LogP contribution in [-0.4, -0.2) is 34.3 Å². The van der Waals surface area contributed by atoms with Gasteiger partial charge in [0.2, 0.25) is 5.95 Å². The average Bonchev–Trinajstić information content (AvgIpc) is 3.02. The second-order valence-electron chi connectivity index (χ2n) is 5.64. The normalized spacial score (nSPS) is 11.2. The van der Waals surface area contributed by atoms with Crippen LogP contribution in [-0.2, 0) is 11.2 Å². The highest BCUT2D eigenvalue weighted by atomic mass is 19.3. The van der Waals surface area contributed by atoms with Crippen molar-refractivity contribution < 1.29 is 27.4 Å². The Morgan fingerprint density at radius 3 is 2.89 bits per heavy atom. The first-order chi connectivity index (χ1) is 13.4. The van der Waals surface area contributed by atoms with Gasteiger partial charge in [-0.1, -0.05) is 0 Å². The number of anilines is 2. The molecule has 0 fully saturated rings. The highest BCUT2D eigenvalue weighted by molar-refractivity contribution is 6.00. The molecule has 0 aliphatic rings. The third-order valence-corrected chi connectivity index (χ3v) is 3.77. The lowest BCUT2D eigenvalue weighted by molar-refractivity contribution is -0.619. The van der Waals surface area contributed by atoms with Gasteiger partial charge in [0.1, 0.15) is 0 Å². The van der Waals surface area contributed by atoms with Gasteiger partial charge < -0.3 is 20.6 Å². The minimum atomic E-state index is -3.00. The predicted octanol–water partition coefficient (Wildman–Crippen LogP) is 2.27. The van der Waals surface area contributed by atoms with E-state index < -0.39 is 24.1 Å². The summed E-state index contributed by atoms with van der Waals surface area (Å²) in [6.45, 7) is 0.275. The molecule has 2 amide bonds. The zero-order valence-corrected chi connectivity index (χ0v) is 14.5. The first-order valence-electron chi connectivity index (χ1n) is 8.00. The standard InChI is InChI=1S/C16H15F3N6O3/c1-28-5-3-11-10(8-20-14-7-13(17)23-25(11)14)22-16(26)21-9-2-4-24(27)12(6-9)15(18)19/h2,4,6-8,15H,3,5H2,1H3,(H2,21,22,26). The van der Waals surface area contributed by atoms with Crippen LogP contribution in [0.15, 0.2) is 30.6 Å². The number of nitrogens with zero attached hydrogens (tertiary/aromatic N) is 4. The highest BCUT2D eigenvalue weighted by Crippen LogP contribution is 2.20. The van der Waals surface area contributed by atoms with Crippen LogP contribution in [0.3, 0.4) is 0 Å². The summed E-state index contributed by atoms with van der Waals surface area (Å²) in [5.74, 6) is -0.734. The molecule has 0 unspecified atom stereocenters. The highest BCUT2D eigenvalue weighted by Gasteiger charge is 2.19. The summed E-state index contributed by atoms with van der Waals surface area (Å²) in [7, 11) is 1.49. The summed E-state index contributed by atoms with van der Waals surface area (Å²) < 4.78 is 45.3. The topological polar surface area (TPSA) is 107 Å². The lowest BCUT2D eigenvalue weighted by atomic mass is 10.2. The van der Waals surface area contributed by atoms with Crippen LogP contribution in [0.2, 0.25) is 0 Å². The Kier molecular flexibility index (Phi) is 5.59. The van der Waals surface area contributed by atoms with E-state index in [0.717, 1.165) is 18.3 Å². The molecule has 0 aliphatic carbocycles. The SMILES string of the molecule is COCCc1c(NC(=O)Nc2cc[n+]([O-])c(C(F)F)c2)cnc2cc(F)nn12. The van der Waals surface area contributed by atoms with Crippen LogP contribution < -0.4 is 15.4 Å². The summed E-state index contributed by atoms with van der Waals surface area (Å²) in [5, 5.41) is 19.9. The number of rotatable bonds is 6. The predicted molar refractivity (Wildman–Crippen MR) is 91.5 cm³/mol. The first kappa shape index (κ1) is 19.4. The number of fused-ring (bicyclic) bond motifs is 1. The Morgan fingerprint density at radius 1 is 1.39 bits per heavy atom. The molecule has 0 radical (unpaired) electrons. The van der Waals surface area contributed by atoms with Gasteiger partial charge in [-0.2, -0.15) is 17.9 Å². The number of ether oxygens (including phenoxy) is 1. The number of hydrogen-bond donors (Lipinski definition) is 2. The summed E-state index contributed by atoms with van der Waals surface area (Å²) in [6, 6.07) is 2.41. The number of halogens is 3. The number of hydrogen-bond acceptors (Lipinski definition) is 5. The zero-order valence-electron chi connectivity index (χ0n) is 14.5. The quantitative estimate of drug-likeness (QED) is 0.491. The van der Waals surface area contributed by atoms with Crippen molar-refractivity contribution in [2.45, 2.75) is 12.8 Å². The molecule has 0 aromatic carbocycles. The Balaban J connectivity index is 1.83. The van der Waals surface area contributed by atoms with Gasteiger partial charge in [-0.05, 0) is 0 Å². The first-order valence-corrected chi connectivity index (χ1v) is 8.00. The number of pyridine rings is 1. The fourth-order valence-electron chi connectivity index (χ4n) is 2.52. The molecule has 0 saturated heterocycles. The van der Waals surface area contributed by atoms with Gasteiger partial charge in [-0.3, -0.25) is 0 Å². The van der Waals surface area contributed by atoms with Crippen molar-refractivity contribution in [2.24, 2.45) is 0 Å². The third-order valence-electron chi connectivity index (χ3n) is 3.77. The smallest absolute Gasteiger partial charge is 0.323 e. The van der Waals surface area contributed by atoms with E-state index in [2.05, 4.69) is 20.7 Å². The number of amides is 2. The van der Waals surface area contributed by atoms with E-state index in [1.807, 2.05) is 0 Å². The fourth-order valence-corrected chi connectivity index (χ4v) is 2.52. The van der Waals surface area contributed by atoms with E-state index in [9.17, 15) is 23.2 Å². The van der Waals surface area contributed by atoms with Crippen molar-refractivity contribution in [2.75, 3.05) is 24.4 Å². The molecule has 0 bridgehead atoms. The van der Waals surface area contributed by atoms with Crippen LogP contribution in [0.4, 0.5) is 29.3 Å². The Morgan fingerprint density at radius 2 is 2.18 bits per heavy atom. The second-order valence-corrected chi connectivity index (χ2v) is 5.64. The van der Waals surface area contributed by atoms with Gasteiger partial charge >= 0.3 is 12.5 Å². The number of alkyl halides is 2. The van der Waals surface area contributed by atoms with Gasteiger partial charge in [-0.25, -0.2) is 14.3 Å². The molecule has 9 nitrogen and oxygen atoms in total. The van der Waals surface area contributed by atoms with Crippen molar-refractivity contribution >= 4 is 23.1 Å². The largest absolute Gasteiger partial charge is 0.618 e. The summed E-state index contributed by atoms with van der Waals surface area (Å²) in [5.41, 5.74) is 0.115. The Bertz CT molecular complexity index is 1010. The average molecular weight is 396 g/mol. The number of methoxy groups -OCH3 is 1. The monoisotopic (exact) mass is 396 g/mol. The number of carbonyl (C=O) groups excluding carboxylic acids is 1. The molecule has 3 rings (SSSR count). The van der Waals surface area contributed by atoms with E-state index in [4.69, 9.17) is 4.74 Å². The maximum Gasteiger partial charge on any atom is 0.323 e. The molecule has 3 aromatic rings. The lowest BCUT2D eigenvalue weighted by Crippen LogP contribution is -2.32. The molecule has 2 N–H and O–H groups in total. The molecule has 0 atom stereocenters. The van der Waals surface area contributed by atoms with Crippen LogP contribution in [0, 0.1) is 11.2 Å². The van der Waals surface area contributed by atoms with E-state index in [1.54, 1.807) is 0 Å². The third kappa shape index (κ3) is 4.11. The molecule has 3 aromatic heterocycles. The minimum Gasteiger partial charge on any atom is -0.618 e. The van der Waals surface area contributed by atoms with E-state index in [0.29, 0.717) is 12.1 Å². The number of carbonyl (C=O) groups is 1. The zero-order chi connectivity index (χ0) is 20.3. The molecule has 148 valence electrons. The van der Waals surface area contributed by atoms with Crippen molar-refractivity contribution in [1.29, 1.82) is 0 Å². The molecular formula is C16H15F3N6O3. The summed E-state index contributed by atoms with van der Waals surface area (Å²) in [4.78, 5) is 16.3.